The fourth-order valence-electron chi connectivity index (χ4n) is 2.69. The molecule has 0 bridgehead atoms. The Kier molecular flexibility index (Phi) is 4.75. The van der Waals surface area contributed by atoms with Gasteiger partial charge in [-0.3, -0.25) is 0 Å². The Bertz CT molecular complexity index is 818. The molecule has 3 rings (SSSR count). The number of hydrogen-bond donors (Lipinski definition) is 2. The van der Waals surface area contributed by atoms with E-state index in [1.54, 1.807) is 19.2 Å². The van der Waals surface area contributed by atoms with Crippen molar-refractivity contribution in [2.45, 2.75) is 24.6 Å². The summed E-state index contributed by atoms with van der Waals surface area (Å²) in [5.41, 5.74) is -0.591. The highest BCUT2D eigenvalue weighted by Crippen LogP contribution is 2.46. The van der Waals surface area contributed by atoms with Gasteiger partial charge in [0.05, 0.1) is 28.9 Å². The van der Waals surface area contributed by atoms with Crippen LogP contribution in [0.4, 0.5) is 23.7 Å². The number of alkyl halides is 3. The monoisotopic (exact) mass is 384 g/mol. The molecular weight excluding hydrogens is 369 g/mol. The van der Waals surface area contributed by atoms with Gasteiger partial charge in [-0.15, -0.1) is 0 Å². The van der Waals surface area contributed by atoms with Gasteiger partial charge in [0, 0.05) is 0 Å². The van der Waals surface area contributed by atoms with Gasteiger partial charge in [0.1, 0.15) is 5.75 Å². The van der Waals surface area contributed by atoms with E-state index in [0.717, 1.165) is 36.6 Å². The van der Waals surface area contributed by atoms with Crippen LogP contribution in [0.15, 0.2) is 42.5 Å². The number of carbonyl (C=O) groups excluding carboxylic acids is 1. The molecule has 4 nitrogen and oxygen atoms in total. The van der Waals surface area contributed by atoms with Crippen LogP contribution in [0.1, 0.15) is 24.0 Å². The van der Waals surface area contributed by atoms with Crippen LogP contribution in [0.25, 0.3) is 0 Å². The molecule has 0 spiro atoms. The minimum absolute atomic E-state index is 0.0300. The quantitative estimate of drug-likeness (QED) is 0.763. The molecule has 0 unspecified atom stereocenters. The fourth-order valence-corrected chi connectivity index (χ4v) is 2.85. The van der Waals surface area contributed by atoms with E-state index >= 15 is 0 Å². The van der Waals surface area contributed by atoms with Gasteiger partial charge in [0.2, 0.25) is 0 Å². The number of ether oxygens (including phenoxy) is 1. The molecule has 0 saturated heterocycles. The van der Waals surface area contributed by atoms with Crippen molar-refractivity contribution >= 4 is 23.3 Å². The van der Waals surface area contributed by atoms with Crippen LogP contribution >= 0.6 is 11.6 Å². The molecular formula is C18H16ClF3N2O2. The summed E-state index contributed by atoms with van der Waals surface area (Å²) in [6.45, 7) is 0. The lowest BCUT2D eigenvalue weighted by Gasteiger charge is -2.19. The Morgan fingerprint density at radius 2 is 1.81 bits per heavy atom. The van der Waals surface area contributed by atoms with Crippen molar-refractivity contribution in [1.29, 1.82) is 0 Å². The molecule has 138 valence electrons. The summed E-state index contributed by atoms with van der Waals surface area (Å²) in [5.74, 6) is 0.699. The first-order chi connectivity index (χ1) is 12.2. The van der Waals surface area contributed by atoms with Crippen LogP contribution < -0.4 is 15.4 Å². The van der Waals surface area contributed by atoms with Crippen LogP contribution in [-0.4, -0.2) is 13.1 Å². The number of methoxy groups -OCH3 is 1. The zero-order valence-electron chi connectivity index (χ0n) is 13.8. The average Bonchev–Trinajstić information content (AvgIpc) is 3.36. The standard InChI is InChI=1S/C18H16ClF3N2O2/c1-26-13-5-2-11(3-6-13)17(8-9-17)24-16(25)23-15-10-12(18(20,21)22)4-7-14(15)19/h2-7,10H,8-9H2,1H3,(H2,23,24,25). The topological polar surface area (TPSA) is 50.4 Å². The zero-order chi connectivity index (χ0) is 18.9. The summed E-state index contributed by atoms with van der Waals surface area (Å²) in [4.78, 5) is 12.3. The molecule has 1 fully saturated rings. The Morgan fingerprint density at radius 3 is 2.35 bits per heavy atom. The molecule has 2 aromatic rings. The molecule has 1 aliphatic rings. The zero-order valence-corrected chi connectivity index (χ0v) is 14.5. The summed E-state index contributed by atoms with van der Waals surface area (Å²) in [5, 5.41) is 5.26. The molecule has 8 heteroatoms. The van der Waals surface area contributed by atoms with E-state index in [-0.39, 0.29) is 10.7 Å². The molecule has 1 aliphatic carbocycles. The number of rotatable bonds is 4. The van der Waals surface area contributed by atoms with Gasteiger partial charge in [0.15, 0.2) is 0 Å². The van der Waals surface area contributed by atoms with Gasteiger partial charge < -0.3 is 15.4 Å². The van der Waals surface area contributed by atoms with Crippen molar-refractivity contribution in [3.63, 3.8) is 0 Å². The lowest BCUT2D eigenvalue weighted by molar-refractivity contribution is -0.137. The van der Waals surface area contributed by atoms with Crippen LogP contribution in [0.5, 0.6) is 5.75 Å². The molecule has 2 aromatic carbocycles. The molecule has 2 N–H and O–H groups in total. The van der Waals surface area contributed by atoms with E-state index in [2.05, 4.69) is 10.6 Å². The summed E-state index contributed by atoms with van der Waals surface area (Å²) >= 11 is 5.90. The number of carbonyl (C=O) groups is 1. The van der Waals surface area contributed by atoms with Crippen LogP contribution in [0, 0.1) is 0 Å². The summed E-state index contributed by atoms with van der Waals surface area (Å²) < 4.78 is 43.6. The lowest BCUT2D eigenvalue weighted by Crippen LogP contribution is -2.38. The first-order valence-electron chi connectivity index (χ1n) is 7.84. The Labute approximate surface area is 153 Å². The maximum atomic E-state index is 12.8. The number of benzene rings is 2. The second kappa shape index (κ2) is 6.72. The number of nitrogens with one attached hydrogen (secondary N) is 2. The van der Waals surface area contributed by atoms with Gasteiger partial charge in [-0.05, 0) is 48.7 Å². The van der Waals surface area contributed by atoms with Gasteiger partial charge >= 0.3 is 12.2 Å². The maximum absolute atomic E-state index is 12.8. The third-order valence-electron chi connectivity index (χ3n) is 4.29. The summed E-state index contributed by atoms with van der Waals surface area (Å²) in [6.07, 6.45) is -3.04. The maximum Gasteiger partial charge on any atom is 0.416 e. The second-order valence-electron chi connectivity index (χ2n) is 6.08. The van der Waals surface area contributed by atoms with Crippen LogP contribution in [-0.2, 0) is 11.7 Å². The van der Waals surface area contributed by atoms with Gasteiger partial charge in [-0.25, -0.2) is 4.79 Å². The van der Waals surface area contributed by atoms with Crippen molar-refractivity contribution in [3.05, 3.63) is 58.6 Å². The predicted octanol–water partition coefficient (Wildman–Crippen LogP) is 5.18. The first kappa shape index (κ1) is 18.4. The normalized spacial score (nSPS) is 15.3. The first-order valence-corrected chi connectivity index (χ1v) is 8.22. The van der Waals surface area contributed by atoms with E-state index in [9.17, 15) is 18.0 Å². The summed E-state index contributed by atoms with van der Waals surface area (Å²) in [6, 6.07) is 9.46. The Hall–Kier alpha value is -2.41. The number of urea groups is 1. The number of anilines is 1. The molecule has 0 atom stereocenters. The minimum Gasteiger partial charge on any atom is -0.497 e. The highest BCUT2D eigenvalue weighted by Gasteiger charge is 2.45. The largest absolute Gasteiger partial charge is 0.497 e. The molecule has 1 saturated carbocycles. The molecule has 0 radical (unpaired) electrons. The van der Waals surface area contributed by atoms with E-state index in [1.807, 2.05) is 12.1 Å². The van der Waals surface area contributed by atoms with E-state index in [1.165, 1.54) is 0 Å². The van der Waals surface area contributed by atoms with E-state index in [0.29, 0.717) is 5.75 Å². The van der Waals surface area contributed by atoms with Gasteiger partial charge in [0.25, 0.3) is 0 Å². The average molecular weight is 385 g/mol. The van der Waals surface area contributed by atoms with Crippen molar-refractivity contribution in [2.24, 2.45) is 0 Å². The molecule has 2 amide bonds. The van der Waals surface area contributed by atoms with Crippen molar-refractivity contribution < 1.29 is 22.7 Å². The number of amides is 2. The van der Waals surface area contributed by atoms with Gasteiger partial charge in [-0.1, -0.05) is 23.7 Å². The Morgan fingerprint density at radius 1 is 1.15 bits per heavy atom. The number of hydrogen-bond acceptors (Lipinski definition) is 2. The van der Waals surface area contributed by atoms with Crippen molar-refractivity contribution in [3.8, 4) is 5.75 Å². The highest BCUT2D eigenvalue weighted by molar-refractivity contribution is 6.33. The molecule has 0 aromatic heterocycles. The smallest absolute Gasteiger partial charge is 0.416 e. The van der Waals surface area contributed by atoms with E-state index < -0.39 is 23.3 Å². The van der Waals surface area contributed by atoms with E-state index in [4.69, 9.17) is 16.3 Å². The van der Waals surface area contributed by atoms with Crippen molar-refractivity contribution in [2.75, 3.05) is 12.4 Å². The number of halogens is 4. The predicted molar refractivity (Wildman–Crippen MR) is 92.5 cm³/mol. The van der Waals surface area contributed by atoms with Crippen LogP contribution in [0.2, 0.25) is 5.02 Å². The Balaban J connectivity index is 1.73. The second-order valence-corrected chi connectivity index (χ2v) is 6.49. The third kappa shape index (κ3) is 3.88. The molecule has 0 aliphatic heterocycles. The lowest BCUT2D eigenvalue weighted by atomic mass is 10.1. The van der Waals surface area contributed by atoms with Crippen molar-refractivity contribution in [1.82, 2.24) is 5.32 Å². The third-order valence-corrected chi connectivity index (χ3v) is 4.62. The highest BCUT2D eigenvalue weighted by atomic mass is 35.5. The fraction of sp³-hybridized carbons (Fsp3) is 0.278. The molecule has 26 heavy (non-hydrogen) atoms. The van der Waals surface area contributed by atoms with Gasteiger partial charge in [-0.2, -0.15) is 13.2 Å². The minimum atomic E-state index is -4.52. The van der Waals surface area contributed by atoms with Crippen LogP contribution in [0.3, 0.4) is 0 Å². The summed E-state index contributed by atoms with van der Waals surface area (Å²) in [7, 11) is 1.56. The SMILES string of the molecule is COc1ccc(C2(NC(=O)Nc3cc(C(F)(F)F)ccc3Cl)CC2)cc1. The molecule has 0 heterocycles.